The lowest BCUT2D eigenvalue weighted by Gasteiger charge is -2.35. The monoisotopic (exact) mass is 535 g/mol. The number of amides is 1. The van der Waals surface area contributed by atoms with Crippen molar-refractivity contribution in [3.8, 4) is 11.5 Å². The minimum absolute atomic E-state index is 0.107. The molecule has 8 heteroatoms. The molecule has 30 heavy (non-hydrogen) atoms. The summed E-state index contributed by atoms with van der Waals surface area (Å²) in [5, 5.41) is 10.8. The number of amidine groups is 1. The molecule has 0 atom stereocenters. The third kappa shape index (κ3) is 4.81. The maximum atomic E-state index is 12.4. The van der Waals surface area contributed by atoms with Crippen LogP contribution >= 0.6 is 34.4 Å². The minimum Gasteiger partial charge on any atom is -0.504 e. The number of aliphatic imine (C=N–C) groups is 1. The van der Waals surface area contributed by atoms with Gasteiger partial charge in [0.15, 0.2) is 16.7 Å². The van der Waals surface area contributed by atoms with Crippen LogP contribution in [-0.4, -0.2) is 59.3 Å². The molecule has 0 spiro atoms. The van der Waals surface area contributed by atoms with E-state index in [2.05, 4.69) is 39.1 Å². The average molecular weight is 535 g/mol. The van der Waals surface area contributed by atoms with Gasteiger partial charge in [-0.15, -0.1) is 0 Å². The summed E-state index contributed by atoms with van der Waals surface area (Å²) in [7, 11) is 1.51. The Morgan fingerprint density at radius 2 is 1.93 bits per heavy atom. The number of halogens is 1. The van der Waals surface area contributed by atoms with E-state index in [1.54, 1.807) is 12.1 Å². The van der Waals surface area contributed by atoms with Crippen molar-refractivity contribution in [2.24, 2.45) is 4.99 Å². The summed E-state index contributed by atoms with van der Waals surface area (Å²) in [6.07, 6.45) is 1.80. The predicted octanol–water partition coefficient (Wildman–Crippen LogP) is 3.79. The van der Waals surface area contributed by atoms with Crippen LogP contribution in [0.5, 0.6) is 11.5 Å². The number of thioether (sulfide) groups is 1. The standard InChI is InChI=1S/C22H22IN3O3S/c1-29-18-12-16(11-17(23)20(18)27)13-19-21(28)24-22(30-19)26-9-7-25(8-10-26)14-15-5-3-2-4-6-15/h2-6,11-13,27H,7-10,14H2,1H3/b19-13-. The zero-order chi connectivity index (χ0) is 21.1. The van der Waals surface area contributed by atoms with E-state index in [4.69, 9.17) is 4.74 Å². The highest BCUT2D eigenvalue weighted by Crippen LogP contribution is 2.35. The molecule has 0 bridgehead atoms. The van der Waals surface area contributed by atoms with Gasteiger partial charge in [0, 0.05) is 32.7 Å². The van der Waals surface area contributed by atoms with Crippen LogP contribution in [0.3, 0.4) is 0 Å². The van der Waals surface area contributed by atoms with Gasteiger partial charge >= 0.3 is 0 Å². The third-order valence-electron chi connectivity index (χ3n) is 5.07. The first-order valence-corrected chi connectivity index (χ1v) is 11.5. The molecule has 1 amide bonds. The summed E-state index contributed by atoms with van der Waals surface area (Å²) < 4.78 is 5.88. The highest BCUT2D eigenvalue weighted by atomic mass is 127. The van der Waals surface area contributed by atoms with Gasteiger partial charge in [-0.1, -0.05) is 30.3 Å². The molecule has 0 unspecified atom stereocenters. The van der Waals surface area contributed by atoms with E-state index in [0.29, 0.717) is 14.2 Å². The minimum atomic E-state index is -0.219. The highest BCUT2D eigenvalue weighted by molar-refractivity contribution is 14.1. The van der Waals surface area contributed by atoms with E-state index in [9.17, 15) is 9.90 Å². The van der Waals surface area contributed by atoms with Gasteiger partial charge in [-0.25, -0.2) is 0 Å². The molecule has 4 rings (SSSR count). The first-order chi connectivity index (χ1) is 14.5. The number of hydrogen-bond acceptors (Lipinski definition) is 6. The Hall–Kier alpha value is -2.04. The van der Waals surface area contributed by atoms with Crippen LogP contribution in [-0.2, 0) is 11.3 Å². The van der Waals surface area contributed by atoms with Crippen molar-refractivity contribution < 1.29 is 14.6 Å². The molecule has 0 aliphatic carbocycles. The second kappa shape index (κ2) is 9.40. The molecule has 2 aliphatic rings. The first kappa shape index (κ1) is 21.2. The Morgan fingerprint density at radius 1 is 1.20 bits per heavy atom. The quantitative estimate of drug-likeness (QED) is 0.475. The zero-order valence-electron chi connectivity index (χ0n) is 16.5. The molecule has 2 heterocycles. The molecule has 1 saturated heterocycles. The molecule has 2 aromatic carbocycles. The van der Waals surface area contributed by atoms with Gasteiger partial charge in [0.1, 0.15) is 0 Å². The van der Waals surface area contributed by atoms with E-state index in [0.717, 1.165) is 43.5 Å². The Kier molecular flexibility index (Phi) is 6.64. The fourth-order valence-corrected chi connectivity index (χ4v) is 5.05. The number of ether oxygens (including phenoxy) is 1. The lowest BCUT2D eigenvalue weighted by molar-refractivity contribution is -0.113. The van der Waals surface area contributed by atoms with E-state index in [1.165, 1.54) is 24.4 Å². The molecule has 2 aliphatic heterocycles. The number of benzene rings is 2. The fraction of sp³-hybridized carbons (Fsp3) is 0.273. The summed E-state index contributed by atoms with van der Waals surface area (Å²) >= 11 is 3.46. The van der Waals surface area contributed by atoms with E-state index < -0.39 is 0 Å². The number of nitrogens with zero attached hydrogens (tertiary/aromatic N) is 3. The number of rotatable bonds is 4. The number of aromatic hydroxyl groups is 1. The van der Waals surface area contributed by atoms with Crippen molar-refractivity contribution in [3.63, 3.8) is 0 Å². The van der Waals surface area contributed by atoms with Gasteiger partial charge < -0.3 is 14.7 Å². The van der Waals surface area contributed by atoms with Gasteiger partial charge in [0.25, 0.3) is 5.91 Å². The molecule has 1 N–H and O–H groups in total. The number of phenols is 1. The van der Waals surface area contributed by atoms with Crippen LogP contribution in [0.25, 0.3) is 6.08 Å². The first-order valence-electron chi connectivity index (χ1n) is 9.64. The van der Waals surface area contributed by atoms with Crippen LogP contribution in [0, 0.1) is 3.57 Å². The van der Waals surface area contributed by atoms with Crippen LogP contribution < -0.4 is 4.74 Å². The van der Waals surface area contributed by atoms with E-state index >= 15 is 0 Å². The number of methoxy groups -OCH3 is 1. The van der Waals surface area contributed by atoms with Crippen molar-refractivity contribution in [3.05, 3.63) is 62.1 Å². The second-order valence-corrected chi connectivity index (χ2v) is 9.28. The molecule has 1 fully saturated rings. The summed E-state index contributed by atoms with van der Waals surface area (Å²) in [6.45, 7) is 4.53. The largest absolute Gasteiger partial charge is 0.504 e. The van der Waals surface area contributed by atoms with Crippen LogP contribution in [0.15, 0.2) is 52.4 Å². The van der Waals surface area contributed by atoms with Crippen molar-refractivity contribution in [1.82, 2.24) is 9.80 Å². The Bertz CT molecular complexity index is 1000. The summed E-state index contributed by atoms with van der Waals surface area (Å²) in [5.41, 5.74) is 2.12. The van der Waals surface area contributed by atoms with E-state index in [1.807, 2.05) is 34.7 Å². The van der Waals surface area contributed by atoms with Crippen molar-refractivity contribution in [2.45, 2.75) is 6.54 Å². The highest BCUT2D eigenvalue weighted by Gasteiger charge is 2.28. The molecule has 156 valence electrons. The SMILES string of the molecule is COc1cc(/C=C2\SC(N3CCN(Cc4ccccc4)CC3)=NC2=O)cc(I)c1O. The lowest BCUT2D eigenvalue weighted by Crippen LogP contribution is -2.47. The maximum absolute atomic E-state index is 12.4. The normalized spacial score (nSPS) is 18.7. The van der Waals surface area contributed by atoms with Crippen LogP contribution in [0.4, 0.5) is 0 Å². The Labute approximate surface area is 193 Å². The van der Waals surface area contributed by atoms with Crippen LogP contribution in [0.1, 0.15) is 11.1 Å². The van der Waals surface area contributed by atoms with Crippen molar-refractivity contribution in [2.75, 3.05) is 33.3 Å². The van der Waals surface area contributed by atoms with Gasteiger partial charge in [-0.3, -0.25) is 9.69 Å². The Balaban J connectivity index is 1.39. The lowest BCUT2D eigenvalue weighted by atomic mass is 10.2. The van der Waals surface area contributed by atoms with Gasteiger partial charge in [-0.05, 0) is 63.7 Å². The third-order valence-corrected chi connectivity index (χ3v) is 6.94. The van der Waals surface area contributed by atoms with Gasteiger partial charge in [0.2, 0.25) is 0 Å². The number of hydrogen-bond donors (Lipinski definition) is 1. The zero-order valence-corrected chi connectivity index (χ0v) is 19.5. The number of piperazine rings is 1. The molecular weight excluding hydrogens is 513 g/mol. The number of carbonyl (C=O) groups is 1. The molecule has 0 radical (unpaired) electrons. The topological polar surface area (TPSA) is 65.4 Å². The summed E-state index contributed by atoms with van der Waals surface area (Å²) in [5.74, 6) is 0.277. The van der Waals surface area contributed by atoms with Gasteiger partial charge in [0.05, 0.1) is 15.6 Å². The van der Waals surface area contributed by atoms with Crippen LogP contribution in [0.2, 0.25) is 0 Å². The fourth-order valence-electron chi connectivity index (χ4n) is 3.46. The second-order valence-electron chi connectivity index (χ2n) is 7.11. The average Bonchev–Trinajstić information content (AvgIpc) is 3.12. The number of phenolic OH excluding ortho intramolecular Hbond substituents is 1. The molecule has 0 saturated carbocycles. The molecule has 6 nitrogen and oxygen atoms in total. The van der Waals surface area contributed by atoms with Crippen molar-refractivity contribution in [1.29, 1.82) is 0 Å². The molecule has 2 aromatic rings. The smallest absolute Gasteiger partial charge is 0.286 e. The summed E-state index contributed by atoms with van der Waals surface area (Å²) in [6, 6.07) is 14.0. The predicted molar refractivity (Wildman–Crippen MR) is 129 cm³/mol. The number of carbonyl (C=O) groups excluding carboxylic acids is 1. The molecular formula is C22H22IN3O3S. The Morgan fingerprint density at radius 3 is 2.63 bits per heavy atom. The van der Waals surface area contributed by atoms with Crippen molar-refractivity contribution >= 4 is 51.5 Å². The van der Waals surface area contributed by atoms with E-state index in [-0.39, 0.29) is 11.7 Å². The summed E-state index contributed by atoms with van der Waals surface area (Å²) in [4.78, 5) is 21.9. The molecule has 0 aromatic heterocycles. The van der Waals surface area contributed by atoms with Gasteiger partial charge in [-0.2, -0.15) is 4.99 Å². The maximum Gasteiger partial charge on any atom is 0.286 e.